The van der Waals surface area contributed by atoms with Crippen LogP contribution in [0.4, 0.5) is 0 Å². The molecule has 7 nitrogen and oxygen atoms in total. The average molecular weight is 438 g/mol. The lowest BCUT2D eigenvalue weighted by Crippen LogP contribution is -2.25. The standard InChI is InChI=1S/C23H26N4O3S/c1-23(2,3)18-11-9-16(10-12-18)20-25-26-22(27(20)4)31-14-19(28)24-13-15-5-7-17(8-6-15)21(29)30/h5-12H,13-14H2,1-4H3,(H,24,28)(H,29,30)/p-1. The van der Waals surface area contributed by atoms with E-state index in [0.29, 0.717) is 11.7 Å². The molecule has 3 rings (SSSR count). The van der Waals surface area contributed by atoms with Crippen LogP contribution in [0.5, 0.6) is 0 Å². The number of carbonyl (C=O) groups is 2. The van der Waals surface area contributed by atoms with Crippen LogP contribution in [0.2, 0.25) is 0 Å². The fourth-order valence-electron chi connectivity index (χ4n) is 2.95. The van der Waals surface area contributed by atoms with Crippen LogP contribution in [0.15, 0.2) is 53.7 Å². The summed E-state index contributed by atoms with van der Waals surface area (Å²) in [5.74, 6) is -0.420. The SMILES string of the molecule is Cn1c(SCC(=O)NCc2ccc(C(=O)[O-])cc2)nnc1-c1ccc(C(C)(C)C)cc1. The summed E-state index contributed by atoms with van der Waals surface area (Å²) in [7, 11) is 1.88. The van der Waals surface area contributed by atoms with Crippen molar-refractivity contribution in [2.75, 3.05) is 5.75 Å². The Labute approximate surface area is 185 Å². The quantitative estimate of drug-likeness (QED) is 0.570. The lowest BCUT2D eigenvalue weighted by atomic mass is 9.87. The minimum Gasteiger partial charge on any atom is -0.545 e. The van der Waals surface area contributed by atoms with Gasteiger partial charge in [-0.1, -0.05) is 81.1 Å². The van der Waals surface area contributed by atoms with Crippen LogP contribution in [0.3, 0.4) is 0 Å². The number of benzene rings is 2. The second kappa shape index (κ2) is 9.34. The first-order chi connectivity index (χ1) is 14.6. The molecular formula is C23H25N4O3S-. The number of nitrogens with one attached hydrogen (secondary N) is 1. The maximum atomic E-state index is 12.2. The van der Waals surface area contributed by atoms with Gasteiger partial charge in [-0.15, -0.1) is 10.2 Å². The number of amides is 1. The monoisotopic (exact) mass is 437 g/mol. The molecule has 1 amide bonds. The molecule has 0 spiro atoms. The van der Waals surface area contributed by atoms with E-state index >= 15 is 0 Å². The van der Waals surface area contributed by atoms with Crippen LogP contribution in [0.25, 0.3) is 11.4 Å². The van der Waals surface area contributed by atoms with Crippen LogP contribution in [0.1, 0.15) is 42.3 Å². The van der Waals surface area contributed by atoms with Crippen LogP contribution < -0.4 is 10.4 Å². The lowest BCUT2D eigenvalue weighted by Gasteiger charge is -2.19. The highest BCUT2D eigenvalue weighted by Crippen LogP contribution is 2.27. The smallest absolute Gasteiger partial charge is 0.230 e. The number of carboxylic acids is 1. The number of aromatic carboxylic acids is 1. The molecule has 1 heterocycles. The summed E-state index contributed by atoms with van der Waals surface area (Å²) in [6.07, 6.45) is 0. The van der Waals surface area contributed by atoms with Crippen molar-refractivity contribution in [1.82, 2.24) is 20.1 Å². The Morgan fingerprint density at radius 3 is 2.26 bits per heavy atom. The first kappa shape index (κ1) is 22.6. The van der Waals surface area contributed by atoms with Gasteiger partial charge >= 0.3 is 0 Å². The molecule has 0 radical (unpaired) electrons. The molecule has 0 saturated heterocycles. The number of hydrogen-bond acceptors (Lipinski definition) is 6. The van der Waals surface area contributed by atoms with Gasteiger partial charge in [0, 0.05) is 19.2 Å². The minimum absolute atomic E-state index is 0.0856. The lowest BCUT2D eigenvalue weighted by molar-refractivity contribution is -0.255. The molecule has 0 unspecified atom stereocenters. The van der Waals surface area contributed by atoms with Gasteiger partial charge in [0.2, 0.25) is 5.91 Å². The molecular weight excluding hydrogens is 412 g/mol. The largest absolute Gasteiger partial charge is 0.545 e. The molecule has 31 heavy (non-hydrogen) atoms. The van der Waals surface area contributed by atoms with Gasteiger partial charge in [0.25, 0.3) is 0 Å². The van der Waals surface area contributed by atoms with Crippen molar-refractivity contribution < 1.29 is 14.7 Å². The van der Waals surface area contributed by atoms with Crippen LogP contribution in [0, 0.1) is 0 Å². The zero-order chi connectivity index (χ0) is 22.6. The first-order valence-electron chi connectivity index (χ1n) is 9.85. The predicted molar refractivity (Wildman–Crippen MR) is 118 cm³/mol. The number of thioether (sulfide) groups is 1. The molecule has 1 N–H and O–H groups in total. The summed E-state index contributed by atoms with van der Waals surface area (Å²) in [6.45, 7) is 6.84. The Bertz CT molecular complexity index is 1070. The molecule has 0 aliphatic heterocycles. The number of carboxylic acid groups (broad SMARTS) is 1. The fourth-order valence-corrected chi connectivity index (χ4v) is 3.69. The van der Waals surface area contributed by atoms with Gasteiger partial charge in [0.1, 0.15) is 0 Å². The maximum Gasteiger partial charge on any atom is 0.230 e. The van der Waals surface area contributed by atoms with Gasteiger partial charge in [-0.2, -0.15) is 0 Å². The molecule has 2 aromatic carbocycles. The normalized spacial score (nSPS) is 11.4. The molecule has 0 fully saturated rings. The second-order valence-electron chi connectivity index (χ2n) is 8.24. The summed E-state index contributed by atoms with van der Waals surface area (Å²) >= 11 is 1.31. The van der Waals surface area contributed by atoms with Crippen LogP contribution in [-0.2, 0) is 23.8 Å². The second-order valence-corrected chi connectivity index (χ2v) is 9.18. The molecule has 0 saturated carbocycles. The molecule has 8 heteroatoms. The highest BCUT2D eigenvalue weighted by Gasteiger charge is 2.16. The van der Waals surface area contributed by atoms with Gasteiger partial charge in [0.15, 0.2) is 11.0 Å². The maximum absolute atomic E-state index is 12.2. The van der Waals surface area contributed by atoms with E-state index < -0.39 is 5.97 Å². The Hall–Kier alpha value is -3.13. The van der Waals surface area contributed by atoms with E-state index in [1.807, 2.05) is 23.7 Å². The molecule has 162 valence electrons. The predicted octanol–water partition coefficient (Wildman–Crippen LogP) is 2.55. The van der Waals surface area contributed by atoms with Gasteiger partial charge in [-0.3, -0.25) is 4.79 Å². The Balaban J connectivity index is 1.55. The molecule has 3 aromatic rings. The highest BCUT2D eigenvalue weighted by molar-refractivity contribution is 7.99. The zero-order valence-corrected chi connectivity index (χ0v) is 18.8. The Kier molecular flexibility index (Phi) is 6.80. The molecule has 1 aromatic heterocycles. The van der Waals surface area contributed by atoms with E-state index in [1.165, 1.54) is 29.5 Å². The molecule has 0 bridgehead atoms. The highest BCUT2D eigenvalue weighted by atomic mass is 32.2. The fraction of sp³-hybridized carbons (Fsp3) is 0.304. The Morgan fingerprint density at radius 1 is 1.03 bits per heavy atom. The van der Waals surface area contributed by atoms with E-state index in [1.54, 1.807) is 12.1 Å². The summed E-state index contributed by atoms with van der Waals surface area (Å²) in [6, 6.07) is 14.5. The van der Waals surface area contributed by atoms with E-state index in [4.69, 9.17) is 0 Å². The van der Waals surface area contributed by atoms with Crippen molar-refractivity contribution in [3.8, 4) is 11.4 Å². The summed E-state index contributed by atoms with van der Waals surface area (Å²) in [5, 5.41) is 22.7. The number of carbonyl (C=O) groups excluding carboxylic acids is 2. The van der Waals surface area contributed by atoms with Crippen LogP contribution >= 0.6 is 11.8 Å². The third-order valence-corrected chi connectivity index (χ3v) is 5.88. The van der Waals surface area contributed by atoms with Gasteiger partial charge < -0.3 is 19.8 Å². The topological polar surface area (TPSA) is 99.9 Å². The van der Waals surface area contributed by atoms with Gasteiger partial charge in [-0.25, -0.2) is 0 Å². The minimum atomic E-state index is -1.22. The molecule has 0 aliphatic rings. The zero-order valence-electron chi connectivity index (χ0n) is 18.0. The van der Waals surface area contributed by atoms with Crippen molar-refractivity contribution in [1.29, 1.82) is 0 Å². The summed E-state index contributed by atoms with van der Waals surface area (Å²) in [4.78, 5) is 23.0. The third-order valence-electron chi connectivity index (χ3n) is 4.86. The third kappa shape index (κ3) is 5.73. The van der Waals surface area contributed by atoms with Crippen molar-refractivity contribution in [3.05, 3.63) is 65.2 Å². The van der Waals surface area contributed by atoms with Crippen molar-refractivity contribution >= 4 is 23.6 Å². The van der Waals surface area contributed by atoms with Crippen LogP contribution in [-0.4, -0.2) is 32.4 Å². The summed E-state index contributed by atoms with van der Waals surface area (Å²) < 4.78 is 1.88. The number of aromatic nitrogens is 3. The Morgan fingerprint density at radius 2 is 1.68 bits per heavy atom. The molecule has 0 atom stereocenters. The number of nitrogens with zero attached hydrogens (tertiary/aromatic N) is 3. The van der Waals surface area contributed by atoms with E-state index in [2.05, 4.69) is 48.4 Å². The van der Waals surface area contributed by atoms with E-state index in [9.17, 15) is 14.7 Å². The number of rotatable bonds is 7. The van der Waals surface area contributed by atoms with Gasteiger partial charge in [-0.05, 0) is 22.1 Å². The van der Waals surface area contributed by atoms with Crippen molar-refractivity contribution in [2.45, 2.75) is 37.9 Å². The first-order valence-corrected chi connectivity index (χ1v) is 10.8. The van der Waals surface area contributed by atoms with Gasteiger partial charge in [0.05, 0.1) is 11.7 Å². The van der Waals surface area contributed by atoms with E-state index in [0.717, 1.165) is 17.0 Å². The van der Waals surface area contributed by atoms with Crippen molar-refractivity contribution in [3.63, 3.8) is 0 Å². The van der Waals surface area contributed by atoms with E-state index in [-0.39, 0.29) is 22.6 Å². The number of hydrogen-bond donors (Lipinski definition) is 1. The average Bonchev–Trinajstić information content (AvgIpc) is 3.10. The van der Waals surface area contributed by atoms with Crippen molar-refractivity contribution in [2.24, 2.45) is 7.05 Å². The molecule has 0 aliphatic carbocycles. The summed E-state index contributed by atoms with van der Waals surface area (Å²) in [5.41, 5.74) is 3.22.